The highest BCUT2D eigenvalue weighted by atomic mass is 16.5. The van der Waals surface area contributed by atoms with Crippen LogP contribution in [-0.4, -0.2) is 46.5 Å². The van der Waals surface area contributed by atoms with Gasteiger partial charge in [-0.15, -0.1) is 0 Å². The van der Waals surface area contributed by atoms with Gasteiger partial charge in [0.25, 0.3) is 0 Å². The molecule has 2 N–H and O–H groups in total. The molecule has 96 valence electrons. The average Bonchev–Trinajstić information content (AvgIpc) is 2.80. The van der Waals surface area contributed by atoms with Crippen molar-refractivity contribution in [2.24, 2.45) is 5.73 Å². The van der Waals surface area contributed by atoms with Crippen molar-refractivity contribution in [1.82, 2.24) is 14.7 Å². The third-order valence-electron chi connectivity index (χ3n) is 3.29. The molecule has 0 bridgehead atoms. The molecule has 0 aliphatic carbocycles. The maximum atomic E-state index is 5.66. The summed E-state index contributed by atoms with van der Waals surface area (Å²) in [6, 6.07) is 0.447. The van der Waals surface area contributed by atoms with Crippen molar-refractivity contribution in [1.29, 1.82) is 0 Å². The maximum absolute atomic E-state index is 5.66. The summed E-state index contributed by atoms with van der Waals surface area (Å²) in [6.07, 6.45) is 4.23. The van der Waals surface area contributed by atoms with Crippen LogP contribution in [0.15, 0.2) is 12.4 Å². The van der Waals surface area contributed by atoms with Crippen molar-refractivity contribution in [2.45, 2.75) is 39.1 Å². The van der Waals surface area contributed by atoms with Gasteiger partial charge in [-0.3, -0.25) is 9.58 Å². The molecule has 0 saturated carbocycles. The first-order valence-electron chi connectivity index (χ1n) is 6.30. The van der Waals surface area contributed by atoms with Gasteiger partial charge < -0.3 is 10.5 Å². The second kappa shape index (κ2) is 5.62. The number of aryl methyl sites for hydroxylation is 1. The maximum Gasteiger partial charge on any atom is 0.0824 e. The fraction of sp³-hybridized carbons (Fsp3) is 0.750. The fourth-order valence-corrected chi connectivity index (χ4v) is 2.13. The Morgan fingerprint density at radius 2 is 2.41 bits per heavy atom. The van der Waals surface area contributed by atoms with Crippen LogP contribution in [0.2, 0.25) is 0 Å². The van der Waals surface area contributed by atoms with Gasteiger partial charge in [-0.25, -0.2) is 0 Å². The van der Waals surface area contributed by atoms with Gasteiger partial charge in [-0.1, -0.05) is 0 Å². The second-order valence-corrected chi connectivity index (χ2v) is 4.67. The van der Waals surface area contributed by atoms with Crippen LogP contribution < -0.4 is 5.73 Å². The minimum absolute atomic E-state index is 0.174. The van der Waals surface area contributed by atoms with Gasteiger partial charge in [-0.2, -0.15) is 5.10 Å². The Kier molecular flexibility index (Phi) is 4.15. The van der Waals surface area contributed by atoms with E-state index in [0.29, 0.717) is 12.6 Å². The van der Waals surface area contributed by atoms with Crippen LogP contribution in [0, 0.1) is 0 Å². The molecule has 0 amide bonds. The summed E-state index contributed by atoms with van der Waals surface area (Å²) in [6.45, 7) is 8.41. The van der Waals surface area contributed by atoms with Crippen molar-refractivity contribution >= 4 is 0 Å². The van der Waals surface area contributed by atoms with E-state index in [1.54, 1.807) is 0 Å². The first kappa shape index (κ1) is 12.5. The van der Waals surface area contributed by atoms with E-state index < -0.39 is 0 Å². The van der Waals surface area contributed by atoms with Crippen LogP contribution in [0.4, 0.5) is 0 Å². The van der Waals surface area contributed by atoms with Crippen LogP contribution in [0.1, 0.15) is 19.4 Å². The largest absolute Gasteiger partial charge is 0.374 e. The summed E-state index contributed by atoms with van der Waals surface area (Å²) in [5.41, 5.74) is 6.92. The van der Waals surface area contributed by atoms with Crippen molar-refractivity contribution in [2.75, 3.05) is 19.7 Å². The molecule has 5 nitrogen and oxygen atoms in total. The standard InChI is InChI=1S/C12H22N4O/c1-3-16-7-11(5-14-16)6-15-8-12(4-13)17-9-10(15)2/h5,7,10,12H,3-4,6,8-9,13H2,1-2H3. The minimum Gasteiger partial charge on any atom is -0.374 e. The van der Waals surface area contributed by atoms with E-state index in [9.17, 15) is 0 Å². The van der Waals surface area contributed by atoms with Crippen molar-refractivity contribution < 1.29 is 4.74 Å². The van der Waals surface area contributed by atoms with Gasteiger partial charge in [-0.05, 0) is 13.8 Å². The first-order valence-corrected chi connectivity index (χ1v) is 6.30. The molecule has 0 spiro atoms. The zero-order valence-corrected chi connectivity index (χ0v) is 10.7. The van der Waals surface area contributed by atoms with E-state index in [1.807, 2.05) is 10.9 Å². The van der Waals surface area contributed by atoms with Crippen molar-refractivity contribution in [3.8, 4) is 0 Å². The summed E-state index contributed by atoms with van der Waals surface area (Å²) in [5.74, 6) is 0. The number of rotatable bonds is 4. The molecule has 1 aromatic heterocycles. The number of nitrogens with zero attached hydrogens (tertiary/aromatic N) is 3. The van der Waals surface area contributed by atoms with E-state index in [1.165, 1.54) is 5.56 Å². The molecule has 1 saturated heterocycles. The molecule has 1 aromatic rings. The van der Waals surface area contributed by atoms with Crippen LogP contribution in [-0.2, 0) is 17.8 Å². The highest BCUT2D eigenvalue weighted by Gasteiger charge is 2.25. The van der Waals surface area contributed by atoms with Crippen LogP contribution >= 0.6 is 0 Å². The summed E-state index contributed by atoms with van der Waals surface area (Å²) in [5, 5.41) is 4.30. The normalized spacial score (nSPS) is 26.3. The average molecular weight is 238 g/mol. The zero-order valence-electron chi connectivity index (χ0n) is 10.7. The molecule has 2 unspecified atom stereocenters. The Labute approximate surface area is 103 Å². The van der Waals surface area contributed by atoms with Gasteiger partial charge in [0.2, 0.25) is 0 Å². The number of ether oxygens (including phenoxy) is 1. The van der Waals surface area contributed by atoms with Gasteiger partial charge in [0.1, 0.15) is 0 Å². The predicted molar refractivity (Wildman–Crippen MR) is 66.6 cm³/mol. The van der Waals surface area contributed by atoms with E-state index in [0.717, 1.165) is 26.2 Å². The van der Waals surface area contributed by atoms with Crippen LogP contribution in [0.3, 0.4) is 0 Å². The van der Waals surface area contributed by atoms with E-state index in [4.69, 9.17) is 10.5 Å². The Hall–Kier alpha value is -0.910. The van der Waals surface area contributed by atoms with Gasteiger partial charge in [0, 0.05) is 44.0 Å². The van der Waals surface area contributed by atoms with E-state index >= 15 is 0 Å². The molecule has 1 fully saturated rings. The molecule has 5 heteroatoms. The molecule has 1 aliphatic heterocycles. The number of hydrogen-bond acceptors (Lipinski definition) is 4. The molecule has 0 aromatic carbocycles. The van der Waals surface area contributed by atoms with Gasteiger partial charge in [0.15, 0.2) is 0 Å². The Balaban J connectivity index is 1.96. The Bertz CT molecular complexity index is 352. The second-order valence-electron chi connectivity index (χ2n) is 4.67. The summed E-state index contributed by atoms with van der Waals surface area (Å²) < 4.78 is 7.61. The SMILES string of the molecule is CCn1cc(CN2CC(CN)OCC2C)cn1. The molecule has 2 heterocycles. The molecule has 1 aliphatic rings. The number of hydrogen-bond donors (Lipinski definition) is 1. The lowest BCUT2D eigenvalue weighted by Crippen LogP contribution is -2.49. The predicted octanol–water partition coefficient (Wildman–Crippen LogP) is 0.451. The van der Waals surface area contributed by atoms with Gasteiger partial charge in [0.05, 0.1) is 18.9 Å². The van der Waals surface area contributed by atoms with Crippen LogP contribution in [0.5, 0.6) is 0 Å². The van der Waals surface area contributed by atoms with E-state index in [-0.39, 0.29) is 6.10 Å². The molecule has 2 rings (SSSR count). The highest BCUT2D eigenvalue weighted by Crippen LogP contribution is 2.14. The minimum atomic E-state index is 0.174. The molecular formula is C12H22N4O. The lowest BCUT2D eigenvalue weighted by molar-refractivity contribution is -0.0567. The first-order chi connectivity index (χ1) is 8.22. The van der Waals surface area contributed by atoms with E-state index in [2.05, 4.69) is 30.0 Å². The summed E-state index contributed by atoms with van der Waals surface area (Å²) in [4.78, 5) is 2.41. The number of aromatic nitrogens is 2. The lowest BCUT2D eigenvalue weighted by atomic mass is 10.1. The van der Waals surface area contributed by atoms with Crippen molar-refractivity contribution in [3.63, 3.8) is 0 Å². The third-order valence-corrected chi connectivity index (χ3v) is 3.29. The number of nitrogens with two attached hydrogens (primary N) is 1. The molecule has 0 radical (unpaired) electrons. The summed E-state index contributed by atoms with van der Waals surface area (Å²) in [7, 11) is 0. The van der Waals surface area contributed by atoms with Crippen molar-refractivity contribution in [3.05, 3.63) is 18.0 Å². The zero-order chi connectivity index (χ0) is 12.3. The highest BCUT2D eigenvalue weighted by molar-refractivity contribution is 5.04. The monoisotopic (exact) mass is 238 g/mol. The third kappa shape index (κ3) is 3.06. The fourth-order valence-electron chi connectivity index (χ4n) is 2.13. The molecule has 2 atom stereocenters. The topological polar surface area (TPSA) is 56.3 Å². The smallest absolute Gasteiger partial charge is 0.0824 e. The quantitative estimate of drug-likeness (QED) is 0.827. The number of morpholine rings is 1. The van der Waals surface area contributed by atoms with Crippen LogP contribution in [0.25, 0.3) is 0 Å². The Morgan fingerprint density at radius 3 is 3.06 bits per heavy atom. The Morgan fingerprint density at radius 1 is 1.59 bits per heavy atom. The molecule has 17 heavy (non-hydrogen) atoms. The lowest BCUT2D eigenvalue weighted by Gasteiger charge is -2.37. The van der Waals surface area contributed by atoms with Gasteiger partial charge >= 0.3 is 0 Å². The molecular weight excluding hydrogens is 216 g/mol. The summed E-state index contributed by atoms with van der Waals surface area (Å²) >= 11 is 0.